The van der Waals surface area contributed by atoms with E-state index < -0.39 is 0 Å². The van der Waals surface area contributed by atoms with Crippen molar-refractivity contribution in [1.29, 1.82) is 0 Å². The number of allylic oxidation sites excluding steroid dienone is 2. The Bertz CT molecular complexity index is 1150. The maximum absolute atomic E-state index is 11.7. The summed E-state index contributed by atoms with van der Waals surface area (Å²) in [5.74, 6) is 0.839. The van der Waals surface area contributed by atoms with E-state index in [0.29, 0.717) is 5.56 Å². The molecule has 0 aliphatic heterocycles. The Morgan fingerprint density at radius 2 is 1.75 bits per heavy atom. The van der Waals surface area contributed by atoms with Crippen LogP contribution < -0.4 is 0 Å². The highest BCUT2D eigenvalue weighted by Gasteiger charge is 2.17. The Morgan fingerprint density at radius 1 is 1.04 bits per heavy atom. The Hall–Kier alpha value is -3.07. The quantitative estimate of drug-likeness (QED) is 0.342. The summed E-state index contributed by atoms with van der Waals surface area (Å²) in [4.78, 5) is 11.7. The number of carbonyl (C=O) groups is 1. The summed E-state index contributed by atoms with van der Waals surface area (Å²) in [6.45, 7) is 7.29. The molecule has 24 heavy (non-hydrogen) atoms. The molecule has 0 unspecified atom stereocenters. The molecule has 0 fully saturated rings. The second-order valence-corrected chi connectivity index (χ2v) is 5.87. The summed E-state index contributed by atoms with van der Waals surface area (Å²) in [5, 5.41) is 2.95. The Labute approximate surface area is 138 Å². The van der Waals surface area contributed by atoms with Gasteiger partial charge in [-0.25, -0.2) is 0 Å². The average Bonchev–Trinajstić information content (AvgIpc) is 3.09. The van der Waals surface area contributed by atoms with Crippen LogP contribution in [0.1, 0.15) is 28.6 Å². The van der Waals surface area contributed by atoms with Crippen molar-refractivity contribution >= 4 is 44.8 Å². The van der Waals surface area contributed by atoms with Gasteiger partial charge in [0.1, 0.15) is 22.5 Å². The van der Waals surface area contributed by atoms with Gasteiger partial charge in [0.25, 0.3) is 0 Å². The number of hydrogen-bond donors (Lipinski definition) is 0. The molecule has 4 aromatic rings. The van der Waals surface area contributed by atoms with Gasteiger partial charge in [0.15, 0.2) is 5.78 Å². The zero-order chi connectivity index (χ0) is 16.8. The van der Waals surface area contributed by atoms with Gasteiger partial charge in [-0.3, -0.25) is 4.79 Å². The second-order valence-electron chi connectivity index (χ2n) is 5.87. The molecule has 2 aromatic carbocycles. The number of aryl methyl sites for hydroxylation is 1. The highest BCUT2D eigenvalue weighted by Crippen LogP contribution is 2.39. The molecule has 0 saturated heterocycles. The van der Waals surface area contributed by atoms with E-state index in [4.69, 9.17) is 8.83 Å². The largest absolute Gasteiger partial charge is 0.456 e. The van der Waals surface area contributed by atoms with Crippen LogP contribution >= 0.6 is 0 Å². The van der Waals surface area contributed by atoms with Gasteiger partial charge in [-0.2, -0.15) is 0 Å². The molecular formula is C21H16O3. The molecule has 0 spiro atoms. The topological polar surface area (TPSA) is 43.4 Å². The summed E-state index contributed by atoms with van der Waals surface area (Å²) >= 11 is 0. The predicted molar refractivity (Wildman–Crippen MR) is 97.5 cm³/mol. The molecule has 0 aliphatic rings. The van der Waals surface area contributed by atoms with E-state index in [1.165, 1.54) is 0 Å². The number of hydrogen-bond acceptors (Lipinski definition) is 3. The van der Waals surface area contributed by atoms with Crippen LogP contribution in [0.4, 0.5) is 0 Å². The fourth-order valence-electron chi connectivity index (χ4n) is 3.16. The number of ketones is 1. The van der Waals surface area contributed by atoms with Crippen LogP contribution in [0, 0.1) is 6.92 Å². The molecule has 0 saturated carbocycles. The third kappa shape index (κ3) is 2.02. The molecule has 0 radical (unpaired) electrons. The number of fused-ring (bicyclic) bond motifs is 5. The predicted octanol–water partition coefficient (Wildman–Crippen LogP) is 6.04. The lowest BCUT2D eigenvalue weighted by atomic mass is 10.0. The van der Waals surface area contributed by atoms with E-state index in [-0.39, 0.29) is 5.78 Å². The molecule has 118 valence electrons. The lowest BCUT2D eigenvalue weighted by Crippen LogP contribution is -1.90. The minimum absolute atomic E-state index is 0.0388. The third-order valence-corrected chi connectivity index (χ3v) is 4.35. The van der Waals surface area contributed by atoms with Gasteiger partial charge >= 0.3 is 0 Å². The molecule has 2 heterocycles. The van der Waals surface area contributed by atoms with Crippen molar-refractivity contribution < 1.29 is 13.6 Å². The monoisotopic (exact) mass is 316 g/mol. The molecule has 0 amide bonds. The van der Waals surface area contributed by atoms with Gasteiger partial charge in [-0.15, -0.1) is 0 Å². The van der Waals surface area contributed by atoms with Crippen LogP contribution in [-0.2, 0) is 0 Å². The summed E-state index contributed by atoms with van der Waals surface area (Å²) in [5.41, 5.74) is 4.09. The first-order valence-electron chi connectivity index (χ1n) is 7.78. The van der Waals surface area contributed by atoms with Crippen molar-refractivity contribution in [3.63, 3.8) is 0 Å². The zero-order valence-corrected chi connectivity index (χ0v) is 13.6. The first-order valence-corrected chi connectivity index (χ1v) is 7.78. The number of benzene rings is 2. The minimum atomic E-state index is 0.0388. The number of furan rings is 2. The molecule has 0 N–H and O–H groups in total. The Kier molecular flexibility index (Phi) is 3.17. The van der Waals surface area contributed by atoms with Crippen molar-refractivity contribution in [2.75, 3.05) is 0 Å². The van der Waals surface area contributed by atoms with E-state index in [9.17, 15) is 4.79 Å². The van der Waals surface area contributed by atoms with E-state index in [1.54, 1.807) is 19.1 Å². The van der Waals surface area contributed by atoms with Crippen LogP contribution in [0.2, 0.25) is 0 Å². The first kappa shape index (κ1) is 14.5. The van der Waals surface area contributed by atoms with Gasteiger partial charge in [-0.1, -0.05) is 18.7 Å². The van der Waals surface area contributed by atoms with Crippen molar-refractivity contribution in [2.24, 2.45) is 0 Å². The minimum Gasteiger partial charge on any atom is -0.456 e. The van der Waals surface area contributed by atoms with Crippen molar-refractivity contribution in [3.8, 4) is 0 Å². The van der Waals surface area contributed by atoms with Crippen molar-refractivity contribution in [3.05, 3.63) is 65.9 Å². The highest BCUT2D eigenvalue weighted by atomic mass is 16.3. The van der Waals surface area contributed by atoms with Gasteiger partial charge in [0.2, 0.25) is 0 Å². The summed E-state index contributed by atoms with van der Waals surface area (Å²) in [6.07, 6.45) is 5.47. The summed E-state index contributed by atoms with van der Waals surface area (Å²) < 4.78 is 11.9. The molecule has 3 nitrogen and oxygen atoms in total. The van der Waals surface area contributed by atoms with Crippen molar-refractivity contribution in [2.45, 2.75) is 13.8 Å². The van der Waals surface area contributed by atoms with Gasteiger partial charge in [0.05, 0.1) is 0 Å². The highest BCUT2D eigenvalue weighted by molar-refractivity contribution is 6.20. The fourth-order valence-corrected chi connectivity index (χ4v) is 3.16. The first-order chi connectivity index (χ1) is 11.6. The van der Waals surface area contributed by atoms with Crippen LogP contribution in [0.3, 0.4) is 0 Å². The third-order valence-electron chi connectivity index (χ3n) is 4.35. The zero-order valence-electron chi connectivity index (χ0n) is 13.6. The number of carbonyl (C=O) groups excluding carboxylic acids is 1. The molecular weight excluding hydrogens is 300 g/mol. The van der Waals surface area contributed by atoms with E-state index in [2.05, 4.69) is 6.58 Å². The second kappa shape index (κ2) is 5.24. The normalized spacial score (nSPS) is 11.9. The Balaban J connectivity index is 2.15. The molecule has 0 bridgehead atoms. The standard InChI is InChI=1S/C21H16O3/c1-4-5-6-16-12(2)20-18(23-16)9-10-19-21(20)15-11-14(13(3)22)7-8-17(15)24-19/h4-11H,1H2,2-3H3/b6-5-. The Morgan fingerprint density at radius 3 is 2.46 bits per heavy atom. The van der Waals surface area contributed by atoms with Crippen LogP contribution in [0.25, 0.3) is 39.0 Å². The van der Waals surface area contributed by atoms with Gasteiger partial charge < -0.3 is 8.83 Å². The van der Waals surface area contributed by atoms with Gasteiger partial charge in [-0.05, 0) is 50.3 Å². The summed E-state index contributed by atoms with van der Waals surface area (Å²) in [6, 6.07) is 9.38. The van der Waals surface area contributed by atoms with Crippen LogP contribution in [0.5, 0.6) is 0 Å². The average molecular weight is 316 g/mol. The number of Topliss-reactive ketones (excluding diaryl/α,β-unsaturated/α-hetero) is 1. The fraction of sp³-hybridized carbons (Fsp3) is 0.0952. The van der Waals surface area contributed by atoms with E-state index >= 15 is 0 Å². The number of rotatable bonds is 3. The van der Waals surface area contributed by atoms with Crippen molar-refractivity contribution in [1.82, 2.24) is 0 Å². The molecule has 0 atom stereocenters. The van der Waals surface area contributed by atoms with Crippen LogP contribution in [-0.4, -0.2) is 5.78 Å². The lowest BCUT2D eigenvalue weighted by Gasteiger charge is -1.96. The molecule has 4 rings (SSSR count). The smallest absolute Gasteiger partial charge is 0.159 e. The molecule has 2 aromatic heterocycles. The van der Waals surface area contributed by atoms with E-state index in [1.807, 2.05) is 43.3 Å². The SMILES string of the molecule is C=C/C=C\c1oc2ccc3oc4ccc(C(C)=O)cc4c3c2c1C. The lowest BCUT2D eigenvalue weighted by molar-refractivity contribution is 0.101. The molecule has 3 heteroatoms. The van der Waals surface area contributed by atoms with Gasteiger partial charge in [0, 0.05) is 27.3 Å². The molecule has 0 aliphatic carbocycles. The van der Waals surface area contributed by atoms with Crippen LogP contribution in [0.15, 0.2) is 57.9 Å². The maximum atomic E-state index is 11.7. The summed E-state index contributed by atoms with van der Waals surface area (Å²) in [7, 11) is 0. The van der Waals surface area contributed by atoms with E-state index in [0.717, 1.165) is 44.2 Å². The maximum Gasteiger partial charge on any atom is 0.159 e.